The van der Waals surface area contributed by atoms with E-state index >= 15 is 0 Å². The summed E-state index contributed by atoms with van der Waals surface area (Å²) in [6, 6.07) is 10.5. The Morgan fingerprint density at radius 2 is 1.79 bits per heavy atom. The van der Waals surface area contributed by atoms with Gasteiger partial charge in [0.05, 0.1) is 29.3 Å². The quantitative estimate of drug-likeness (QED) is 0.575. The van der Waals surface area contributed by atoms with Crippen LogP contribution >= 0.6 is 0 Å². The summed E-state index contributed by atoms with van der Waals surface area (Å²) in [4.78, 5) is 39.0. The number of carbonyl (C=O) groups excluding carboxylic acids is 3. The van der Waals surface area contributed by atoms with Gasteiger partial charge in [-0.1, -0.05) is 29.3 Å². The third-order valence-corrected chi connectivity index (χ3v) is 5.27. The number of hydrogen-bond donors (Lipinski definition) is 0. The standard InChI is InChI=1S/C23H23NO5/c1-14-8-15(2)10-16(9-14)13-29-23(27)17-5-6-19-20(11-17)22(26)24(21(19)25)12-18-4-3-7-28-18/h5-6,8-11,18H,3-4,7,12-13H2,1-2H3. The normalized spacial score (nSPS) is 18.3. The molecular formula is C23H23NO5. The minimum atomic E-state index is -0.523. The highest BCUT2D eigenvalue weighted by atomic mass is 16.5. The molecule has 0 aromatic heterocycles. The predicted molar refractivity (Wildman–Crippen MR) is 106 cm³/mol. The van der Waals surface area contributed by atoms with E-state index in [0.717, 1.165) is 29.5 Å². The van der Waals surface area contributed by atoms with Crippen molar-refractivity contribution in [2.75, 3.05) is 13.2 Å². The van der Waals surface area contributed by atoms with Crippen molar-refractivity contribution in [3.05, 3.63) is 69.8 Å². The topological polar surface area (TPSA) is 72.9 Å². The maximum absolute atomic E-state index is 12.7. The van der Waals surface area contributed by atoms with Gasteiger partial charge in [0, 0.05) is 6.61 Å². The zero-order valence-corrected chi connectivity index (χ0v) is 16.6. The SMILES string of the molecule is Cc1cc(C)cc(COC(=O)c2ccc3c(c2)C(=O)N(CC2CCCO2)C3=O)c1. The summed E-state index contributed by atoms with van der Waals surface area (Å²) >= 11 is 0. The number of imide groups is 1. The first-order valence-electron chi connectivity index (χ1n) is 9.78. The highest BCUT2D eigenvalue weighted by Gasteiger charge is 2.38. The Kier molecular flexibility index (Phi) is 5.20. The fraction of sp³-hybridized carbons (Fsp3) is 0.348. The molecule has 2 amide bonds. The first kappa shape index (κ1) is 19.3. The zero-order valence-electron chi connectivity index (χ0n) is 16.6. The Morgan fingerprint density at radius 3 is 2.48 bits per heavy atom. The largest absolute Gasteiger partial charge is 0.457 e. The Hall–Kier alpha value is -2.99. The number of ether oxygens (including phenoxy) is 2. The maximum Gasteiger partial charge on any atom is 0.338 e. The Labute approximate surface area is 169 Å². The lowest BCUT2D eigenvalue weighted by molar-refractivity contribution is 0.0469. The molecule has 2 aromatic rings. The molecule has 2 heterocycles. The highest BCUT2D eigenvalue weighted by molar-refractivity contribution is 6.22. The fourth-order valence-electron chi connectivity index (χ4n) is 3.96. The van der Waals surface area contributed by atoms with E-state index in [2.05, 4.69) is 6.07 Å². The molecule has 0 spiro atoms. The van der Waals surface area contributed by atoms with Crippen LogP contribution in [0.15, 0.2) is 36.4 Å². The molecule has 2 aliphatic rings. The van der Waals surface area contributed by atoms with Gasteiger partial charge in [0.2, 0.25) is 0 Å². The van der Waals surface area contributed by atoms with Crippen LogP contribution in [0.1, 0.15) is 60.6 Å². The second kappa shape index (κ2) is 7.79. The van der Waals surface area contributed by atoms with Gasteiger partial charge in [-0.15, -0.1) is 0 Å². The van der Waals surface area contributed by atoms with Crippen LogP contribution in [0.25, 0.3) is 0 Å². The van der Waals surface area contributed by atoms with Crippen molar-refractivity contribution < 1.29 is 23.9 Å². The average molecular weight is 393 g/mol. The zero-order chi connectivity index (χ0) is 20.5. The van der Waals surface area contributed by atoms with Crippen LogP contribution in [0.2, 0.25) is 0 Å². The average Bonchev–Trinajstić information content (AvgIpc) is 3.28. The molecular weight excluding hydrogens is 370 g/mol. The molecule has 150 valence electrons. The molecule has 0 bridgehead atoms. The van der Waals surface area contributed by atoms with Gasteiger partial charge in [0.15, 0.2) is 0 Å². The number of hydrogen-bond acceptors (Lipinski definition) is 5. The highest BCUT2D eigenvalue weighted by Crippen LogP contribution is 2.26. The number of aryl methyl sites for hydroxylation is 2. The van der Waals surface area contributed by atoms with Crippen molar-refractivity contribution in [3.63, 3.8) is 0 Å². The number of rotatable bonds is 5. The van der Waals surface area contributed by atoms with Gasteiger partial charge in [-0.25, -0.2) is 4.79 Å². The van der Waals surface area contributed by atoms with Gasteiger partial charge in [-0.3, -0.25) is 14.5 Å². The molecule has 2 aromatic carbocycles. The predicted octanol–water partition coefficient (Wildman–Crippen LogP) is 3.44. The monoisotopic (exact) mass is 393 g/mol. The second-order valence-corrected chi connectivity index (χ2v) is 7.69. The molecule has 0 aliphatic carbocycles. The maximum atomic E-state index is 12.7. The summed E-state index contributed by atoms with van der Waals surface area (Å²) in [7, 11) is 0. The first-order valence-corrected chi connectivity index (χ1v) is 9.78. The van der Waals surface area contributed by atoms with Crippen LogP contribution in [0.3, 0.4) is 0 Å². The molecule has 2 aliphatic heterocycles. The van der Waals surface area contributed by atoms with Crippen molar-refractivity contribution in [3.8, 4) is 0 Å². The number of nitrogens with zero attached hydrogens (tertiary/aromatic N) is 1. The summed E-state index contributed by atoms with van der Waals surface area (Å²) < 4.78 is 11.0. The number of carbonyl (C=O) groups is 3. The van der Waals surface area contributed by atoms with Gasteiger partial charge < -0.3 is 9.47 Å². The van der Waals surface area contributed by atoms with Crippen LogP contribution < -0.4 is 0 Å². The van der Waals surface area contributed by atoms with E-state index in [9.17, 15) is 14.4 Å². The van der Waals surface area contributed by atoms with Crippen molar-refractivity contribution in [1.29, 1.82) is 0 Å². The Morgan fingerprint density at radius 1 is 1.07 bits per heavy atom. The van der Waals surface area contributed by atoms with E-state index in [1.807, 2.05) is 26.0 Å². The molecule has 4 rings (SSSR count). The van der Waals surface area contributed by atoms with Crippen LogP contribution in [-0.2, 0) is 16.1 Å². The summed E-state index contributed by atoms with van der Waals surface area (Å²) in [5.74, 6) is -1.25. The minimum Gasteiger partial charge on any atom is -0.457 e. The number of amides is 2. The summed E-state index contributed by atoms with van der Waals surface area (Å²) in [6.45, 7) is 5.03. The van der Waals surface area contributed by atoms with Gasteiger partial charge in [-0.05, 0) is 50.5 Å². The second-order valence-electron chi connectivity index (χ2n) is 7.69. The molecule has 6 heteroatoms. The van der Waals surface area contributed by atoms with E-state index < -0.39 is 5.97 Å². The summed E-state index contributed by atoms with van der Waals surface area (Å²) in [5.41, 5.74) is 3.93. The Balaban J connectivity index is 1.47. The minimum absolute atomic E-state index is 0.112. The molecule has 1 unspecified atom stereocenters. The van der Waals surface area contributed by atoms with E-state index in [1.54, 1.807) is 0 Å². The molecule has 29 heavy (non-hydrogen) atoms. The summed E-state index contributed by atoms with van der Waals surface area (Å²) in [6.07, 6.45) is 1.66. The molecule has 0 N–H and O–H groups in total. The molecule has 0 radical (unpaired) electrons. The summed E-state index contributed by atoms with van der Waals surface area (Å²) in [5, 5.41) is 0. The van der Waals surface area contributed by atoms with E-state index in [4.69, 9.17) is 9.47 Å². The van der Waals surface area contributed by atoms with Crippen LogP contribution in [0, 0.1) is 13.8 Å². The van der Waals surface area contributed by atoms with Gasteiger partial charge >= 0.3 is 5.97 Å². The first-order chi connectivity index (χ1) is 13.9. The van der Waals surface area contributed by atoms with E-state index in [1.165, 1.54) is 23.1 Å². The van der Waals surface area contributed by atoms with Crippen molar-refractivity contribution in [2.24, 2.45) is 0 Å². The molecule has 0 saturated carbocycles. The Bertz CT molecular complexity index is 971. The van der Waals surface area contributed by atoms with Crippen LogP contribution in [-0.4, -0.2) is 41.9 Å². The lowest BCUT2D eigenvalue weighted by atomic mass is 10.1. The van der Waals surface area contributed by atoms with Crippen LogP contribution in [0.4, 0.5) is 0 Å². The van der Waals surface area contributed by atoms with Gasteiger partial charge in [0.25, 0.3) is 11.8 Å². The third-order valence-electron chi connectivity index (χ3n) is 5.27. The van der Waals surface area contributed by atoms with E-state index in [0.29, 0.717) is 12.2 Å². The lowest BCUT2D eigenvalue weighted by Gasteiger charge is -2.17. The van der Waals surface area contributed by atoms with Crippen molar-refractivity contribution in [2.45, 2.75) is 39.4 Å². The van der Waals surface area contributed by atoms with Crippen LogP contribution in [0.5, 0.6) is 0 Å². The molecule has 1 fully saturated rings. The van der Waals surface area contributed by atoms with Gasteiger partial charge in [0.1, 0.15) is 6.61 Å². The lowest BCUT2D eigenvalue weighted by Crippen LogP contribution is -2.36. The number of esters is 1. The van der Waals surface area contributed by atoms with Crippen molar-refractivity contribution >= 4 is 17.8 Å². The molecule has 1 saturated heterocycles. The third kappa shape index (κ3) is 3.93. The molecule has 1 atom stereocenters. The number of fused-ring (bicyclic) bond motifs is 1. The van der Waals surface area contributed by atoms with Crippen molar-refractivity contribution in [1.82, 2.24) is 4.90 Å². The van der Waals surface area contributed by atoms with Gasteiger partial charge in [-0.2, -0.15) is 0 Å². The van der Waals surface area contributed by atoms with E-state index in [-0.39, 0.29) is 42.2 Å². The molecule has 6 nitrogen and oxygen atoms in total. The number of benzene rings is 2. The smallest absolute Gasteiger partial charge is 0.338 e. The fourth-order valence-corrected chi connectivity index (χ4v) is 3.96.